The van der Waals surface area contributed by atoms with E-state index in [-0.39, 0.29) is 18.3 Å². The van der Waals surface area contributed by atoms with Crippen LogP contribution in [0.5, 0.6) is 0 Å². The van der Waals surface area contributed by atoms with Crippen molar-refractivity contribution in [3.8, 4) is 0 Å². The third kappa shape index (κ3) is 8.30. The molecule has 40 heavy (non-hydrogen) atoms. The molecule has 0 aliphatic rings. The number of carboxylic acid groups (broad SMARTS) is 1. The predicted molar refractivity (Wildman–Crippen MR) is 146 cm³/mol. The fourth-order valence-electron chi connectivity index (χ4n) is 4.43. The van der Waals surface area contributed by atoms with Gasteiger partial charge in [0, 0.05) is 0 Å². The minimum Gasteiger partial charge on any atom is -0.479 e. The molecule has 0 aromatic carbocycles. The van der Waals surface area contributed by atoms with Crippen LogP contribution < -0.4 is 16.0 Å². The molecule has 0 rings (SSSR count). The Kier molecular flexibility index (Phi) is 14.1. The summed E-state index contributed by atoms with van der Waals surface area (Å²) in [7, 11) is 4.15. The Morgan fingerprint density at radius 1 is 0.775 bits per heavy atom. The molecule has 0 saturated heterocycles. The van der Waals surface area contributed by atoms with Gasteiger partial charge in [0.05, 0.1) is 31.0 Å². The van der Waals surface area contributed by atoms with Crippen LogP contribution in [0.15, 0.2) is 0 Å². The molecule has 0 aliphatic heterocycles. The highest BCUT2D eigenvalue weighted by molar-refractivity contribution is 6.25. The predicted octanol–water partition coefficient (Wildman–Crippen LogP) is -1.21. The Balaban J connectivity index is 6.75. The number of carbonyl (C=O) groups excluding carboxylic acids is 5. The highest BCUT2D eigenvalue weighted by atomic mass is 16.4. The second-order valence-corrected chi connectivity index (χ2v) is 11.0. The number of rotatable bonds is 20. The van der Waals surface area contributed by atoms with Crippen molar-refractivity contribution in [2.75, 3.05) is 21.1 Å². The molecule has 0 bridgehead atoms. The Hall–Kier alpha value is -2.42. The number of Topliss-reactive ketones (excluding diaryl/α,β-unsaturated/α-hetero) is 5. The number of ketones is 5. The van der Waals surface area contributed by atoms with Crippen molar-refractivity contribution in [1.29, 1.82) is 0 Å². The molecule has 7 N–H and O–H groups in total. The van der Waals surface area contributed by atoms with Gasteiger partial charge in [-0.15, -0.1) is 0 Å². The van der Waals surface area contributed by atoms with E-state index in [1.165, 1.54) is 28.1 Å². The van der Waals surface area contributed by atoms with Gasteiger partial charge in [0.2, 0.25) is 11.4 Å². The summed E-state index contributed by atoms with van der Waals surface area (Å²) in [6.07, 6.45) is -2.14. The largest absolute Gasteiger partial charge is 0.479 e. The van der Waals surface area contributed by atoms with E-state index in [0.717, 1.165) is 6.92 Å². The lowest BCUT2D eigenvalue weighted by molar-refractivity contribution is -0.181. The molecule has 0 heterocycles. The van der Waals surface area contributed by atoms with E-state index in [1.54, 1.807) is 27.7 Å². The second-order valence-electron chi connectivity index (χ2n) is 11.0. The molecular weight excluding hydrogens is 526 g/mol. The molecule has 4 unspecified atom stereocenters. The number of aliphatic carboxylic acids is 1. The minimum absolute atomic E-state index is 0.0242. The summed E-state index contributed by atoms with van der Waals surface area (Å²) in [5.41, 5.74) is -9.93. The number of hydrogen-bond donors (Lipinski definition) is 7. The Morgan fingerprint density at radius 2 is 1.30 bits per heavy atom. The minimum atomic E-state index is -3.61. The SMILES string of the molecule is CCC(C)[C@H](NC)C(=O)CC(O)(C(=O)O)C(=O)C(O)(CC(=O)C(C)(O)C(=O)[C@@H](CC(C)C)NC)C(=O)[C@@H](C)NC. The summed E-state index contributed by atoms with van der Waals surface area (Å²) in [6, 6.07) is -3.31. The third-order valence-corrected chi connectivity index (χ3v) is 7.45. The van der Waals surface area contributed by atoms with Gasteiger partial charge in [-0.1, -0.05) is 34.1 Å². The van der Waals surface area contributed by atoms with Crippen molar-refractivity contribution in [2.45, 2.75) is 102 Å². The summed E-state index contributed by atoms with van der Waals surface area (Å²) in [5.74, 6) is -9.35. The van der Waals surface area contributed by atoms with Crippen molar-refractivity contribution >= 4 is 34.9 Å². The lowest BCUT2D eigenvalue weighted by Crippen LogP contribution is -2.66. The summed E-state index contributed by atoms with van der Waals surface area (Å²) >= 11 is 0. The lowest BCUT2D eigenvalue weighted by Gasteiger charge is -2.35. The zero-order chi connectivity index (χ0) is 31.8. The molecule has 7 atom stereocenters. The summed E-state index contributed by atoms with van der Waals surface area (Å²) < 4.78 is 0. The first kappa shape index (κ1) is 37.6. The maximum absolute atomic E-state index is 13.6. The highest BCUT2D eigenvalue weighted by Gasteiger charge is 2.61. The van der Waals surface area contributed by atoms with E-state index in [0.29, 0.717) is 6.42 Å². The average Bonchev–Trinajstić information content (AvgIpc) is 2.89. The number of hydrogen-bond acceptors (Lipinski definition) is 12. The van der Waals surface area contributed by atoms with Crippen LogP contribution in [-0.4, -0.2) is 111 Å². The van der Waals surface area contributed by atoms with Crippen molar-refractivity contribution in [1.82, 2.24) is 16.0 Å². The van der Waals surface area contributed by atoms with Crippen LogP contribution in [0.1, 0.15) is 67.2 Å². The van der Waals surface area contributed by atoms with E-state index in [2.05, 4.69) is 16.0 Å². The van der Waals surface area contributed by atoms with Gasteiger partial charge >= 0.3 is 5.97 Å². The van der Waals surface area contributed by atoms with Gasteiger partial charge < -0.3 is 36.4 Å². The summed E-state index contributed by atoms with van der Waals surface area (Å²) in [6.45, 7) is 9.11. The second kappa shape index (κ2) is 15.0. The van der Waals surface area contributed by atoms with Gasteiger partial charge in [0.25, 0.3) is 0 Å². The molecule has 13 nitrogen and oxygen atoms in total. The van der Waals surface area contributed by atoms with Gasteiger partial charge in [0.15, 0.2) is 34.3 Å². The molecule has 0 saturated carbocycles. The first-order chi connectivity index (χ1) is 18.2. The smallest absolute Gasteiger partial charge is 0.344 e. The first-order valence-corrected chi connectivity index (χ1v) is 13.3. The first-order valence-electron chi connectivity index (χ1n) is 13.3. The average molecular weight is 574 g/mol. The van der Waals surface area contributed by atoms with Crippen LogP contribution in [0.25, 0.3) is 0 Å². The van der Waals surface area contributed by atoms with Gasteiger partial charge in [-0.2, -0.15) is 0 Å². The highest BCUT2D eigenvalue weighted by Crippen LogP contribution is 2.30. The van der Waals surface area contributed by atoms with E-state index in [9.17, 15) is 49.2 Å². The summed E-state index contributed by atoms with van der Waals surface area (Å²) in [5, 5.41) is 51.0. The molecule has 0 amide bonds. The molecule has 0 spiro atoms. The zero-order valence-electron chi connectivity index (χ0n) is 25.0. The fourth-order valence-corrected chi connectivity index (χ4v) is 4.43. The van der Waals surface area contributed by atoms with E-state index >= 15 is 0 Å². The molecule has 13 heteroatoms. The number of likely N-dealkylation sites (N-methyl/N-ethyl adjacent to an activating group) is 3. The number of nitrogens with one attached hydrogen (secondary N) is 3. The lowest BCUT2D eigenvalue weighted by atomic mass is 9.72. The van der Waals surface area contributed by atoms with E-state index in [4.69, 9.17) is 0 Å². The fraction of sp³-hybridized carbons (Fsp3) is 0.778. The molecule has 0 aliphatic carbocycles. The monoisotopic (exact) mass is 573 g/mol. The normalized spacial score (nSPS) is 19.3. The van der Waals surface area contributed by atoms with E-state index in [1.807, 2.05) is 0 Å². The molecule has 0 fully saturated rings. The van der Waals surface area contributed by atoms with Crippen molar-refractivity contribution in [2.24, 2.45) is 11.8 Å². The standard InChI is InChI=1S/C27H47N3O10/c1-10-15(4)20(30-9)18(31)12-27(40,24(36)37)23(35)26(39,21(33)16(5)28-7)13-19(32)25(6,38)22(34)17(29-8)11-14(2)3/h14-17,20,28-30,38-40H,10-13H2,1-9H3,(H,36,37)/t15?,16-,17-,20+,25?,26?,27?/m1/s1. The molecule has 0 aromatic rings. The molecule has 230 valence electrons. The van der Waals surface area contributed by atoms with Gasteiger partial charge in [-0.3, -0.25) is 24.0 Å². The Morgan fingerprint density at radius 3 is 1.68 bits per heavy atom. The topological polar surface area (TPSA) is 219 Å². The summed E-state index contributed by atoms with van der Waals surface area (Å²) in [4.78, 5) is 78.3. The Labute approximate surface area is 235 Å². The molecule has 0 aromatic heterocycles. The van der Waals surface area contributed by atoms with Crippen LogP contribution in [0.2, 0.25) is 0 Å². The van der Waals surface area contributed by atoms with Gasteiger partial charge in [-0.05, 0) is 53.2 Å². The van der Waals surface area contributed by atoms with Crippen LogP contribution in [0.4, 0.5) is 0 Å². The zero-order valence-corrected chi connectivity index (χ0v) is 25.0. The van der Waals surface area contributed by atoms with Crippen LogP contribution in [0.3, 0.4) is 0 Å². The van der Waals surface area contributed by atoms with Crippen molar-refractivity contribution in [3.05, 3.63) is 0 Å². The number of carboxylic acids is 1. The molecular formula is C27H47N3O10. The van der Waals surface area contributed by atoms with E-state index < -0.39 is 82.7 Å². The Bertz CT molecular complexity index is 966. The number of aliphatic hydroxyl groups is 3. The number of carbonyl (C=O) groups is 6. The molecule has 0 radical (unpaired) electrons. The van der Waals surface area contributed by atoms with Crippen LogP contribution >= 0.6 is 0 Å². The van der Waals surface area contributed by atoms with Crippen LogP contribution in [0, 0.1) is 11.8 Å². The van der Waals surface area contributed by atoms with Crippen molar-refractivity contribution < 1.29 is 49.2 Å². The van der Waals surface area contributed by atoms with Gasteiger partial charge in [0.1, 0.15) is 0 Å². The maximum Gasteiger partial charge on any atom is 0.344 e. The van der Waals surface area contributed by atoms with Crippen LogP contribution in [-0.2, 0) is 28.8 Å². The van der Waals surface area contributed by atoms with Gasteiger partial charge in [-0.25, -0.2) is 4.79 Å². The quantitative estimate of drug-likeness (QED) is 0.0851. The van der Waals surface area contributed by atoms with Crippen molar-refractivity contribution in [3.63, 3.8) is 0 Å². The maximum atomic E-state index is 13.6. The third-order valence-electron chi connectivity index (χ3n) is 7.45.